The highest BCUT2D eigenvalue weighted by Gasteiger charge is 2.14. The summed E-state index contributed by atoms with van der Waals surface area (Å²) < 4.78 is 10.7. The summed E-state index contributed by atoms with van der Waals surface area (Å²) >= 11 is 12.5. The lowest BCUT2D eigenvalue weighted by molar-refractivity contribution is 0.0502. The highest BCUT2D eigenvalue weighted by molar-refractivity contribution is 6.36. The first-order chi connectivity index (χ1) is 11.5. The molecule has 0 aliphatic rings. The predicted octanol–water partition coefficient (Wildman–Crippen LogP) is 5.79. The third-order valence-electron chi connectivity index (χ3n) is 4.06. The van der Waals surface area contributed by atoms with Gasteiger partial charge < -0.3 is 14.6 Å². The summed E-state index contributed by atoms with van der Waals surface area (Å²) in [6.45, 7) is 4.53. The molecule has 0 aliphatic carbocycles. The zero-order chi connectivity index (χ0) is 17.7. The lowest BCUT2D eigenvalue weighted by atomic mass is 9.94. The highest BCUT2D eigenvalue weighted by atomic mass is 35.5. The number of phenols is 1. The number of rotatable bonds is 7. The van der Waals surface area contributed by atoms with Crippen LogP contribution < -0.4 is 4.74 Å². The molecule has 2 aromatic carbocycles. The van der Waals surface area contributed by atoms with Crippen molar-refractivity contribution >= 4 is 23.2 Å². The van der Waals surface area contributed by atoms with E-state index in [1.807, 2.05) is 12.1 Å². The number of phenolic OH excluding ortho intramolecular Hbond substituents is 1. The van der Waals surface area contributed by atoms with Crippen LogP contribution in [0.5, 0.6) is 11.5 Å². The van der Waals surface area contributed by atoms with Gasteiger partial charge >= 0.3 is 0 Å². The molecule has 0 saturated carbocycles. The van der Waals surface area contributed by atoms with Crippen molar-refractivity contribution in [1.82, 2.24) is 0 Å². The van der Waals surface area contributed by atoms with Crippen molar-refractivity contribution in [2.45, 2.75) is 32.6 Å². The van der Waals surface area contributed by atoms with E-state index in [1.54, 1.807) is 7.11 Å². The Morgan fingerprint density at radius 3 is 2.38 bits per heavy atom. The van der Waals surface area contributed by atoms with Gasteiger partial charge in [0.25, 0.3) is 0 Å². The van der Waals surface area contributed by atoms with Gasteiger partial charge in [0.05, 0.1) is 0 Å². The molecule has 0 radical (unpaired) electrons. The molecule has 1 unspecified atom stereocenters. The molecule has 130 valence electrons. The fourth-order valence-corrected chi connectivity index (χ4v) is 3.14. The zero-order valence-electron chi connectivity index (χ0n) is 14.1. The van der Waals surface area contributed by atoms with Gasteiger partial charge in [0.1, 0.15) is 11.5 Å². The summed E-state index contributed by atoms with van der Waals surface area (Å²) in [4.78, 5) is 0. The van der Waals surface area contributed by atoms with Gasteiger partial charge in [-0.25, -0.2) is 0 Å². The minimum absolute atomic E-state index is 0.0670. The topological polar surface area (TPSA) is 38.7 Å². The maximum Gasteiger partial charge on any atom is 0.188 e. The molecule has 0 aliphatic heterocycles. The standard InChI is InChI=1S/C19H22Cl2O3/c1-4-12(2)15-7-13(5-6-19(15)24-11-23-3)8-16-17(20)9-14(22)10-18(16)21/h5-7,9-10,12,22H,4,8,11H2,1-3H3. The van der Waals surface area contributed by atoms with E-state index in [4.69, 9.17) is 32.7 Å². The van der Waals surface area contributed by atoms with E-state index in [1.165, 1.54) is 12.1 Å². The van der Waals surface area contributed by atoms with Crippen molar-refractivity contribution in [2.75, 3.05) is 13.9 Å². The van der Waals surface area contributed by atoms with E-state index in [-0.39, 0.29) is 12.5 Å². The monoisotopic (exact) mass is 368 g/mol. The Balaban J connectivity index is 2.34. The maximum absolute atomic E-state index is 9.55. The van der Waals surface area contributed by atoms with Crippen molar-refractivity contribution < 1.29 is 14.6 Å². The minimum Gasteiger partial charge on any atom is -0.508 e. The van der Waals surface area contributed by atoms with Crippen LogP contribution >= 0.6 is 23.2 Å². The van der Waals surface area contributed by atoms with Gasteiger partial charge in [-0.2, -0.15) is 0 Å². The van der Waals surface area contributed by atoms with Gasteiger partial charge in [-0.1, -0.05) is 49.2 Å². The van der Waals surface area contributed by atoms with Crippen LogP contribution in [0.4, 0.5) is 0 Å². The molecule has 0 saturated heterocycles. The number of halogens is 2. The van der Waals surface area contributed by atoms with Crippen LogP contribution in [0, 0.1) is 0 Å². The highest BCUT2D eigenvalue weighted by Crippen LogP contribution is 2.34. The molecule has 0 heterocycles. The maximum atomic E-state index is 9.55. The predicted molar refractivity (Wildman–Crippen MR) is 98.6 cm³/mol. The molecule has 0 bridgehead atoms. The second-order valence-electron chi connectivity index (χ2n) is 5.80. The van der Waals surface area contributed by atoms with E-state index >= 15 is 0 Å². The first kappa shape index (κ1) is 18.9. The molecule has 24 heavy (non-hydrogen) atoms. The average molecular weight is 369 g/mol. The van der Waals surface area contributed by atoms with E-state index < -0.39 is 0 Å². The second-order valence-corrected chi connectivity index (χ2v) is 6.61. The van der Waals surface area contributed by atoms with Crippen molar-refractivity contribution in [3.63, 3.8) is 0 Å². The Morgan fingerprint density at radius 2 is 1.79 bits per heavy atom. The third kappa shape index (κ3) is 4.56. The first-order valence-electron chi connectivity index (χ1n) is 7.87. The normalized spacial score (nSPS) is 12.2. The zero-order valence-corrected chi connectivity index (χ0v) is 15.6. The number of aromatic hydroxyl groups is 1. The van der Waals surface area contributed by atoms with Crippen LogP contribution in [0.2, 0.25) is 10.0 Å². The van der Waals surface area contributed by atoms with Gasteiger partial charge in [0, 0.05) is 23.6 Å². The van der Waals surface area contributed by atoms with E-state index in [0.29, 0.717) is 22.4 Å². The Bertz CT molecular complexity index is 678. The molecule has 1 atom stereocenters. The Morgan fingerprint density at radius 1 is 1.12 bits per heavy atom. The smallest absolute Gasteiger partial charge is 0.188 e. The van der Waals surface area contributed by atoms with Crippen molar-refractivity contribution in [3.8, 4) is 11.5 Å². The van der Waals surface area contributed by atoms with Crippen LogP contribution in [-0.2, 0) is 11.2 Å². The largest absolute Gasteiger partial charge is 0.508 e. The van der Waals surface area contributed by atoms with Crippen LogP contribution in [0.3, 0.4) is 0 Å². The minimum atomic E-state index is 0.0670. The molecule has 0 amide bonds. The molecule has 0 spiro atoms. The Labute approximate surface area is 153 Å². The lowest BCUT2D eigenvalue weighted by Gasteiger charge is -2.17. The van der Waals surface area contributed by atoms with Gasteiger partial charge in [0.2, 0.25) is 0 Å². The molecule has 1 N–H and O–H groups in total. The van der Waals surface area contributed by atoms with Crippen molar-refractivity contribution in [2.24, 2.45) is 0 Å². The molecule has 0 aromatic heterocycles. The Kier molecular flexibility index (Phi) is 6.79. The van der Waals surface area contributed by atoms with Crippen LogP contribution in [-0.4, -0.2) is 19.0 Å². The van der Waals surface area contributed by atoms with Crippen molar-refractivity contribution in [3.05, 3.63) is 57.1 Å². The van der Waals surface area contributed by atoms with Crippen LogP contribution in [0.15, 0.2) is 30.3 Å². The van der Waals surface area contributed by atoms with E-state index in [2.05, 4.69) is 19.9 Å². The quantitative estimate of drug-likeness (QED) is 0.628. The molecule has 2 aromatic rings. The molecule has 5 heteroatoms. The Hall–Kier alpha value is -1.42. The molecule has 0 fully saturated rings. The average Bonchev–Trinajstić information content (AvgIpc) is 2.55. The fourth-order valence-electron chi connectivity index (χ4n) is 2.53. The summed E-state index contributed by atoms with van der Waals surface area (Å²) in [6.07, 6.45) is 1.60. The number of ether oxygens (including phenoxy) is 2. The van der Waals surface area contributed by atoms with Gasteiger partial charge in [-0.05, 0) is 47.2 Å². The first-order valence-corrected chi connectivity index (χ1v) is 8.63. The lowest BCUT2D eigenvalue weighted by Crippen LogP contribution is -2.04. The van der Waals surface area contributed by atoms with Gasteiger partial charge in [-0.3, -0.25) is 0 Å². The second kappa shape index (κ2) is 8.61. The molecule has 3 nitrogen and oxygen atoms in total. The van der Waals surface area contributed by atoms with Gasteiger partial charge in [-0.15, -0.1) is 0 Å². The number of hydrogen-bond donors (Lipinski definition) is 1. The molecule has 2 rings (SSSR count). The van der Waals surface area contributed by atoms with Crippen molar-refractivity contribution in [1.29, 1.82) is 0 Å². The fraction of sp³-hybridized carbons (Fsp3) is 0.368. The summed E-state index contributed by atoms with van der Waals surface area (Å²) in [6, 6.07) is 9.09. The molecular formula is C19H22Cl2O3. The number of methoxy groups -OCH3 is 1. The summed E-state index contributed by atoms with van der Waals surface area (Å²) in [5, 5.41) is 10.5. The SMILES string of the molecule is CCC(C)c1cc(Cc2c(Cl)cc(O)cc2Cl)ccc1OCOC. The third-order valence-corrected chi connectivity index (χ3v) is 4.73. The molecular weight excluding hydrogens is 347 g/mol. The summed E-state index contributed by atoms with van der Waals surface area (Å²) in [7, 11) is 1.60. The van der Waals surface area contributed by atoms with Crippen LogP contribution in [0.1, 0.15) is 42.9 Å². The summed E-state index contributed by atoms with van der Waals surface area (Å²) in [5.41, 5.74) is 3.03. The van der Waals surface area contributed by atoms with E-state index in [0.717, 1.165) is 28.9 Å². The van der Waals surface area contributed by atoms with Gasteiger partial charge in [0.15, 0.2) is 6.79 Å². The summed E-state index contributed by atoms with van der Waals surface area (Å²) in [5.74, 6) is 1.26. The van der Waals surface area contributed by atoms with Crippen LogP contribution in [0.25, 0.3) is 0 Å². The van der Waals surface area contributed by atoms with E-state index in [9.17, 15) is 5.11 Å². The number of benzene rings is 2. The number of hydrogen-bond acceptors (Lipinski definition) is 3.